The average molecular weight is 364 g/mol. The van der Waals surface area contributed by atoms with Gasteiger partial charge in [-0.05, 0) is 6.92 Å². The summed E-state index contributed by atoms with van der Waals surface area (Å²) in [6.07, 6.45) is -1.88. The molecule has 140 valence electrons. The van der Waals surface area contributed by atoms with Gasteiger partial charge in [-0.15, -0.1) is 0 Å². The van der Waals surface area contributed by atoms with Crippen LogP contribution in [0.3, 0.4) is 0 Å². The quantitative estimate of drug-likeness (QED) is 0.394. The Morgan fingerprint density at radius 3 is 2.77 bits per heavy atom. The largest absolute Gasteiger partial charge is 0.462 e. The molecule has 2 aromatic heterocycles. The van der Waals surface area contributed by atoms with Crippen molar-refractivity contribution in [2.24, 2.45) is 0 Å². The van der Waals surface area contributed by atoms with E-state index in [4.69, 9.17) is 15.2 Å². The van der Waals surface area contributed by atoms with Crippen molar-refractivity contribution in [2.75, 3.05) is 18.9 Å². The number of carbonyl (C=O) groups is 1. The molecule has 10 nitrogen and oxygen atoms in total. The first kappa shape index (κ1) is 18.3. The summed E-state index contributed by atoms with van der Waals surface area (Å²) >= 11 is 0. The van der Waals surface area contributed by atoms with Crippen LogP contribution in [-0.2, 0) is 14.3 Å². The second-order valence-electron chi connectivity index (χ2n) is 5.84. The highest BCUT2D eigenvalue weighted by Crippen LogP contribution is 2.36. The number of aromatic nitrogens is 3. The molecule has 10 heteroatoms. The lowest BCUT2D eigenvalue weighted by Gasteiger charge is -2.17. The van der Waals surface area contributed by atoms with Crippen molar-refractivity contribution >= 4 is 28.4 Å². The maximum Gasteiger partial charge on any atom is 0.338 e. The first-order chi connectivity index (χ1) is 12.4. The molecule has 5 N–H and O–H groups in total. The van der Waals surface area contributed by atoms with Crippen molar-refractivity contribution in [1.29, 1.82) is 0 Å². The fourth-order valence-electron chi connectivity index (χ4n) is 2.97. The van der Waals surface area contributed by atoms with Gasteiger partial charge in [-0.2, -0.15) is 0 Å². The second-order valence-corrected chi connectivity index (χ2v) is 5.84. The summed E-state index contributed by atoms with van der Waals surface area (Å²) in [7, 11) is 0. The van der Waals surface area contributed by atoms with Crippen LogP contribution in [0.4, 0.5) is 5.82 Å². The number of fused-ring (bicyclic) bond motifs is 1. The maximum absolute atomic E-state index is 12.1. The summed E-state index contributed by atoms with van der Waals surface area (Å²) in [6, 6.07) is 0. The molecule has 26 heavy (non-hydrogen) atoms. The summed E-state index contributed by atoms with van der Waals surface area (Å²) < 4.78 is 11.9. The number of nitrogens with zero attached hydrogens (tertiary/aromatic N) is 3. The molecule has 1 fully saturated rings. The predicted octanol–water partition coefficient (Wildman–Crippen LogP) is -0.799. The number of aliphatic hydroxyl groups is 3. The molecule has 0 bridgehead atoms. The lowest BCUT2D eigenvalue weighted by atomic mass is 10.1. The number of carbonyl (C=O) groups excluding carboxylic acids is 1. The van der Waals surface area contributed by atoms with Crippen LogP contribution in [0.5, 0.6) is 0 Å². The number of anilines is 1. The van der Waals surface area contributed by atoms with Gasteiger partial charge < -0.3 is 35.1 Å². The number of rotatable bonds is 5. The van der Waals surface area contributed by atoms with Gasteiger partial charge in [0.2, 0.25) is 0 Å². The van der Waals surface area contributed by atoms with Crippen molar-refractivity contribution in [2.45, 2.75) is 31.5 Å². The molecule has 0 spiro atoms. The summed E-state index contributed by atoms with van der Waals surface area (Å²) in [4.78, 5) is 20.2. The summed E-state index contributed by atoms with van der Waals surface area (Å²) in [5.74, 6) is -0.517. The van der Waals surface area contributed by atoms with E-state index in [2.05, 4.69) is 16.5 Å². The van der Waals surface area contributed by atoms with Gasteiger partial charge in [-0.1, -0.05) is 6.58 Å². The summed E-state index contributed by atoms with van der Waals surface area (Å²) in [6.45, 7) is 5.13. The van der Waals surface area contributed by atoms with Crippen molar-refractivity contribution in [3.8, 4) is 0 Å². The number of aliphatic hydroxyl groups excluding tert-OH is 3. The van der Waals surface area contributed by atoms with E-state index in [-0.39, 0.29) is 23.6 Å². The molecule has 1 aliphatic rings. The zero-order valence-electron chi connectivity index (χ0n) is 14.1. The first-order valence-electron chi connectivity index (χ1n) is 8.00. The molecule has 0 radical (unpaired) electrons. The Bertz CT molecular complexity index is 851. The van der Waals surface area contributed by atoms with E-state index < -0.39 is 37.1 Å². The lowest BCUT2D eigenvalue weighted by Crippen LogP contribution is -2.33. The fourth-order valence-corrected chi connectivity index (χ4v) is 2.97. The molecule has 2 aromatic rings. The normalized spacial score (nSPS) is 25.5. The Balaban J connectivity index is 2.12. The van der Waals surface area contributed by atoms with Crippen molar-refractivity contribution < 1.29 is 29.6 Å². The van der Waals surface area contributed by atoms with Gasteiger partial charge in [-0.25, -0.2) is 14.8 Å². The minimum atomic E-state index is -1.32. The standard InChI is InChI=1S/C16H20N4O6/c1-3-25-16(24)7(2)8-4-20(14-10(8)13(17)18-6-19-14)15-12(23)11(22)9(5-21)26-15/h4,6,9,11-12,15,21-23H,2-3,5H2,1H3,(H2,17,18,19)/t9-,11-,12-,15-/m1/s1. The summed E-state index contributed by atoms with van der Waals surface area (Å²) in [5.41, 5.74) is 6.60. The molecular weight excluding hydrogens is 344 g/mol. The molecule has 0 saturated carbocycles. The van der Waals surface area contributed by atoms with E-state index in [0.29, 0.717) is 10.9 Å². The molecule has 4 atom stereocenters. The van der Waals surface area contributed by atoms with E-state index in [1.54, 1.807) is 6.92 Å². The van der Waals surface area contributed by atoms with Crippen LogP contribution in [0.1, 0.15) is 18.7 Å². The molecule has 3 rings (SSSR count). The van der Waals surface area contributed by atoms with Crippen LogP contribution in [0.15, 0.2) is 19.1 Å². The molecule has 3 heterocycles. The van der Waals surface area contributed by atoms with Gasteiger partial charge in [0.05, 0.1) is 24.2 Å². The molecule has 0 aliphatic carbocycles. The highest BCUT2D eigenvalue weighted by atomic mass is 16.6. The zero-order chi connectivity index (χ0) is 19.0. The average Bonchev–Trinajstić information content (AvgIpc) is 3.14. The molecule has 1 saturated heterocycles. The third-order valence-electron chi connectivity index (χ3n) is 4.28. The van der Waals surface area contributed by atoms with Crippen LogP contribution in [0, 0.1) is 0 Å². The minimum absolute atomic E-state index is 0.0452. The van der Waals surface area contributed by atoms with Crippen LogP contribution in [0.2, 0.25) is 0 Å². The second kappa shape index (κ2) is 7.00. The molecule has 0 aromatic carbocycles. The van der Waals surface area contributed by atoms with Crippen LogP contribution < -0.4 is 5.73 Å². The van der Waals surface area contributed by atoms with Gasteiger partial charge in [0, 0.05) is 11.8 Å². The Hall–Kier alpha value is -2.53. The number of esters is 1. The summed E-state index contributed by atoms with van der Waals surface area (Å²) in [5, 5.41) is 29.9. The van der Waals surface area contributed by atoms with Crippen molar-refractivity contribution in [1.82, 2.24) is 14.5 Å². The third kappa shape index (κ3) is 2.82. The maximum atomic E-state index is 12.1. The number of nitrogen functional groups attached to an aromatic ring is 1. The highest BCUT2D eigenvalue weighted by Gasteiger charge is 2.44. The topological polar surface area (TPSA) is 153 Å². The Morgan fingerprint density at radius 1 is 1.42 bits per heavy atom. The van der Waals surface area contributed by atoms with Crippen LogP contribution in [-0.4, -0.2) is 67.3 Å². The van der Waals surface area contributed by atoms with Gasteiger partial charge in [0.25, 0.3) is 0 Å². The van der Waals surface area contributed by atoms with Crippen LogP contribution >= 0.6 is 0 Å². The van der Waals surface area contributed by atoms with E-state index >= 15 is 0 Å². The van der Waals surface area contributed by atoms with Crippen molar-refractivity contribution in [3.63, 3.8) is 0 Å². The minimum Gasteiger partial charge on any atom is -0.462 e. The number of hydrogen-bond donors (Lipinski definition) is 4. The zero-order valence-corrected chi connectivity index (χ0v) is 14.1. The molecular formula is C16H20N4O6. The SMILES string of the molecule is C=C(C(=O)OCC)c1cn([C@@H]2O[C@H](CO)[C@@H](O)[C@H]2O)c2ncnc(N)c12. The van der Waals surface area contributed by atoms with E-state index in [0.717, 1.165) is 0 Å². The van der Waals surface area contributed by atoms with E-state index in [9.17, 15) is 20.1 Å². The number of hydrogen-bond acceptors (Lipinski definition) is 9. The first-order valence-corrected chi connectivity index (χ1v) is 8.00. The van der Waals surface area contributed by atoms with Gasteiger partial charge in [-0.3, -0.25) is 0 Å². The molecule has 0 unspecified atom stereocenters. The van der Waals surface area contributed by atoms with E-state index in [1.165, 1.54) is 17.1 Å². The fraction of sp³-hybridized carbons (Fsp3) is 0.438. The molecule has 1 aliphatic heterocycles. The Morgan fingerprint density at radius 2 is 2.15 bits per heavy atom. The van der Waals surface area contributed by atoms with E-state index in [1.807, 2.05) is 0 Å². The smallest absolute Gasteiger partial charge is 0.338 e. The Labute approximate surface area is 148 Å². The number of ether oxygens (including phenoxy) is 2. The lowest BCUT2D eigenvalue weighted by molar-refractivity contribution is -0.136. The van der Waals surface area contributed by atoms with Gasteiger partial charge >= 0.3 is 5.97 Å². The highest BCUT2D eigenvalue weighted by molar-refractivity contribution is 6.20. The molecule has 0 amide bonds. The predicted molar refractivity (Wildman–Crippen MR) is 90.6 cm³/mol. The van der Waals surface area contributed by atoms with Crippen LogP contribution in [0.25, 0.3) is 16.6 Å². The van der Waals surface area contributed by atoms with Crippen molar-refractivity contribution in [3.05, 3.63) is 24.7 Å². The van der Waals surface area contributed by atoms with Gasteiger partial charge in [0.15, 0.2) is 6.23 Å². The Kier molecular flexibility index (Phi) is 4.92. The third-order valence-corrected chi connectivity index (χ3v) is 4.28. The number of nitrogens with two attached hydrogens (primary N) is 1. The monoisotopic (exact) mass is 364 g/mol. The van der Waals surface area contributed by atoms with Gasteiger partial charge in [0.1, 0.15) is 36.1 Å².